The Morgan fingerprint density at radius 1 is 1.45 bits per heavy atom. The molecule has 0 saturated carbocycles. The van der Waals surface area contributed by atoms with Gasteiger partial charge in [-0.05, 0) is 19.4 Å². The van der Waals surface area contributed by atoms with E-state index in [0.717, 1.165) is 37.6 Å². The van der Waals surface area contributed by atoms with Gasteiger partial charge < -0.3 is 4.74 Å². The molecule has 1 aliphatic rings. The Morgan fingerprint density at radius 3 is 2.86 bits per heavy atom. The fourth-order valence-electron chi connectivity index (χ4n) is 2.96. The number of nitrogens with one attached hydrogen (secondary N) is 1. The molecule has 0 bridgehead atoms. The van der Waals surface area contributed by atoms with Crippen LogP contribution in [-0.4, -0.2) is 56.2 Å². The minimum Gasteiger partial charge on any atom is -0.380 e. The molecule has 7 nitrogen and oxygen atoms in total. The van der Waals surface area contributed by atoms with Crippen LogP contribution in [0.25, 0.3) is 0 Å². The van der Waals surface area contributed by atoms with Crippen molar-refractivity contribution in [3.05, 3.63) is 29.6 Å². The number of nitrogens with zero attached hydrogens (tertiary/aromatic N) is 5. The molecule has 122 valence electrons. The van der Waals surface area contributed by atoms with Crippen LogP contribution in [0.2, 0.25) is 0 Å². The second kappa shape index (κ2) is 7.51. The summed E-state index contributed by atoms with van der Waals surface area (Å²) in [5.41, 5.74) is 1.24. The Bertz CT molecular complexity index is 598. The van der Waals surface area contributed by atoms with E-state index in [9.17, 15) is 0 Å². The third-order valence-electron chi connectivity index (χ3n) is 4.19. The van der Waals surface area contributed by atoms with Crippen molar-refractivity contribution in [1.82, 2.24) is 29.9 Å². The summed E-state index contributed by atoms with van der Waals surface area (Å²) >= 11 is 0. The maximum absolute atomic E-state index is 5.54. The lowest BCUT2D eigenvalue weighted by Gasteiger charge is -2.21. The zero-order valence-corrected chi connectivity index (χ0v) is 15.5. The van der Waals surface area contributed by atoms with Gasteiger partial charge in [0, 0.05) is 45.6 Å². The summed E-state index contributed by atoms with van der Waals surface area (Å²) in [4.78, 5) is 6.90. The minimum absolute atomic E-state index is 0. The standard InChI is InChI=1S/C14H22N6O.HI/c1-10-16-14(18-17-10)13-8-12(21-3)9-20(13)7-5-11-4-6-15-19(11)2;/h4,6,12-13H,5,7-9H2,1-3H3,(H,16,17,18);1H/t12-,13+;/m1./s1. The molecule has 0 spiro atoms. The van der Waals surface area contributed by atoms with E-state index >= 15 is 0 Å². The van der Waals surface area contributed by atoms with Gasteiger partial charge in [0.05, 0.1) is 12.1 Å². The molecule has 1 fully saturated rings. The summed E-state index contributed by atoms with van der Waals surface area (Å²) in [5, 5.41) is 11.5. The van der Waals surface area contributed by atoms with E-state index in [0.29, 0.717) is 0 Å². The fraction of sp³-hybridized carbons (Fsp3) is 0.643. The predicted molar refractivity (Wildman–Crippen MR) is 93.2 cm³/mol. The predicted octanol–water partition coefficient (Wildman–Crippen LogP) is 1.47. The van der Waals surface area contributed by atoms with E-state index in [1.165, 1.54) is 5.69 Å². The molecule has 2 aromatic rings. The molecule has 1 saturated heterocycles. The zero-order valence-electron chi connectivity index (χ0n) is 13.2. The Morgan fingerprint density at radius 2 is 2.27 bits per heavy atom. The highest BCUT2D eigenvalue weighted by Crippen LogP contribution is 2.31. The van der Waals surface area contributed by atoms with Crippen LogP contribution in [0.3, 0.4) is 0 Å². The first kappa shape index (κ1) is 17.4. The molecular weight excluding hydrogens is 395 g/mol. The Kier molecular flexibility index (Phi) is 5.93. The average Bonchev–Trinajstić information content (AvgIpc) is 3.16. The van der Waals surface area contributed by atoms with Crippen molar-refractivity contribution >= 4 is 24.0 Å². The number of rotatable bonds is 5. The number of ether oxygens (including phenoxy) is 1. The third-order valence-corrected chi connectivity index (χ3v) is 4.19. The normalized spacial score (nSPS) is 22.0. The number of halogens is 1. The number of hydrogen-bond donors (Lipinski definition) is 1. The molecule has 1 aliphatic heterocycles. The molecule has 22 heavy (non-hydrogen) atoms. The lowest BCUT2D eigenvalue weighted by molar-refractivity contribution is 0.108. The first-order valence-corrected chi connectivity index (χ1v) is 7.30. The Balaban J connectivity index is 0.00000176. The molecule has 8 heteroatoms. The number of H-pyrrole nitrogens is 1. The van der Waals surface area contributed by atoms with Crippen LogP contribution < -0.4 is 0 Å². The zero-order chi connectivity index (χ0) is 14.8. The van der Waals surface area contributed by atoms with E-state index in [1.807, 2.05) is 24.9 Å². The summed E-state index contributed by atoms with van der Waals surface area (Å²) < 4.78 is 7.46. The van der Waals surface area contributed by atoms with E-state index < -0.39 is 0 Å². The maximum Gasteiger partial charge on any atom is 0.167 e. The monoisotopic (exact) mass is 418 g/mol. The summed E-state index contributed by atoms with van der Waals surface area (Å²) in [6.07, 6.45) is 4.00. The first-order chi connectivity index (χ1) is 10.2. The van der Waals surface area contributed by atoms with Gasteiger partial charge in [0.2, 0.25) is 0 Å². The smallest absolute Gasteiger partial charge is 0.167 e. The quantitative estimate of drug-likeness (QED) is 0.745. The number of aryl methyl sites for hydroxylation is 2. The van der Waals surface area contributed by atoms with Crippen molar-refractivity contribution in [1.29, 1.82) is 0 Å². The molecular formula is C14H23IN6O. The van der Waals surface area contributed by atoms with Crippen LogP contribution in [0.4, 0.5) is 0 Å². The van der Waals surface area contributed by atoms with Crippen LogP contribution in [0.1, 0.15) is 29.8 Å². The highest BCUT2D eigenvalue weighted by molar-refractivity contribution is 14.0. The number of methoxy groups -OCH3 is 1. The lowest BCUT2D eigenvalue weighted by Crippen LogP contribution is -2.28. The Labute approximate surface area is 147 Å². The van der Waals surface area contributed by atoms with Crippen LogP contribution in [0.5, 0.6) is 0 Å². The van der Waals surface area contributed by atoms with E-state index in [-0.39, 0.29) is 36.1 Å². The van der Waals surface area contributed by atoms with Gasteiger partial charge in [0.15, 0.2) is 5.82 Å². The van der Waals surface area contributed by atoms with Crippen LogP contribution in [0.15, 0.2) is 12.3 Å². The summed E-state index contributed by atoms with van der Waals surface area (Å²) in [6, 6.07) is 2.30. The van der Waals surface area contributed by atoms with Gasteiger partial charge in [-0.3, -0.25) is 14.7 Å². The average molecular weight is 418 g/mol. The molecule has 1 N–H and O–H groups in total. The van der Waals surface area contributed by atoms with Crippen molar-refractivity contribution in [3.63, 3.8) is 0 Å². The summed E-state index contributed by atoms with van der Waals surface area (Å²) in [6.45, 7) is 3.81. The third kappa shape index (κ3) is 3.66. The van der Waals surface area contributed by atoms with E-state index in [1.54, 1.807) is 7.11 Å². The molecule has 2 atom stereocenters. The van der Waals surface area contributed by atoms with Crippen molar-refractivity contribution in [2.75, 3.05) is 20.2 Å². The Hall–Kier alpha value is -1.00. The molecule has 0 aliphatic carbocycles. The highest BCUT2D eigenvalue weighted by atomic mass is 127. The molecule has 2 aromatic heterocycles. The lowest BCUT2D eigenvalue weighted by atomic mass is 10.2. The molecule has 0 aromatic carbocycles. The molecule has 0 radical (unpaired) electrons. The van der Waals surface area contributed by atoms with Crippen molar-refractivity contribution < 1.29 is 4.74 Å². The number of hydrogen-bond acceptors (Lipinski definition) is 5. The molecule has 3 heterocycles. The largest absolute Gasteiger partial charge is 0.380 e. The van der Waals surface area contributed by atoms with Gasteiger partial charge in [-0.1, -0.05) is 0 Å². The highest BCUT2D eigenvalue weighted by Gasteiger charge is 2.35. The van der Waals surface area contributed by atoms with Crippen LogP contribution in [-0.2, 0) is 18.2 Å². The van der Waals surface area contributed by atoms with Gasteiger partial charge in [0.1, 0.15) is 5.82 Å². The number of aromatic nitrogens is 5. The maximum atomic E-state index is 5.54. The van der Waals surface area contributed by atoms with Crippen molar-refractivity contribution in [2.45, 2.75) is 31.9 Å². The van der Waals surface area contributed by atoms with Gasteiger partial charge in [-0.25, -0.2) is 4.98 Å². The molecule has 0 unspecified atom stereocenters. The van der Waals surface area contributed by atoms with Gasteiger partial charge in [0.25, 0.3) is 0 Å². The topological polar surface area (TPSA) is 71.9 Å². The van der Waals surface area contributed by atoms with E-state index in [2.05, 4.69) is 31.2 Å². The van der Waals surface area contributed by atoms with Gasteiger partial charge >= 0.3 is 0 Å². The summed E-state index contributed by atoms with van der Waals surface area (Å²) in [5.74, 6) is 1.73. The van der Waals surface area contributed by atoms with Gasteiger partial charge in [-0.2, -0.15) is 10.2 Å². The van der Waals surface area contributed by atoms with Crippen LogP contribution in [0, 0.1) is 6.92 Å². The SMILES string of the molecule is CO[C@@H]1C[C@@H](c2n[nH]c(C)n2)N(CCc2ccnn2C)C1.I. The summed E-state index contributed by atoms with van der Waals surface area (Å²) in [7, 11) is 3.75. The first-order valence-electron chi connectivity index (χ1n) is 7.30. The second-order valence-electron chi connectivity index (χ2n) is 5.58. The molecule has 3 rings (SSSR count). The van der Waals surface area contributed by atoms with E-state index in [4.69, 9.17) is 4.74 Å². The van der Waals surface area contributed by atoms with Crippen molar-refractivity contribution in [2.24, 2.45) is 7.05 Å². The van der Waals surface area contributed by atoms with Gasteiger partial charge in [-0.15, -0.1) is 24.0 Å². The number of likely N-dealkylation sites (tertiary alicyclic amines) is 1. The number of aromatic amines is 1. The van der Waals surface area contributed by atoms with Crippen molar-refractivity contribution in [3.8, 4) is 0 Å². The fourth-order valence-corrected chi connectivity index (χ4v) is 2.96. The second-order valence-corrected chi connectivity index (χ2v) is 5.58. The molecule has 0 amide bonds. The van der Waals surface area contributed by atoms with Crippen LogP contribution >= 0.6 is 24.0 Å². The minimum atomic E-state index is 0.